The highest BCUT2D eigenvalue weighted by atomic mass is 16.5. The Morgan fingerprint density at radius 3 is 2.59 bits per heavy atom. The molecule has 1 aliphatic rings. The van der Waals surface area contributed by atoms with Gasteiger partial charge >= 0.3 is 0 Å². The van der Waals surface area contributed by atoms with Gasteiger partial charge in [0.2, 0.25) is 0 Å². The Bertz CT molecular complexity index is 1170. The zero-order valence-corrected chi connectivity index (χ0v) is 20.0. The van der Waals surface area contributed by atoms with Gasteiger partial charge in [-0.05, 0) is 76.5 Å². The zero-order chi connectivity index (χ0) is 23.6. The summed E-state index contributed by atoms with van der Waals surface area (Å²) in [5.41, 5.74) is 6.68. The fourth-order valence-corrected chi connectivity index (χ4v) is 4.37. The predicted molar refractivity (Wildman–Crippen MR) is 132 cm³/mol. The number of allylic oxidation sites excluding steroid dienone is 1. The number of carbonyl (C=O) groups is 1. The topological polar surface area (TPSA) is 65.4 Å². The van der Waals surface area contributed by atoms with Crippen LogP contribution in [0.2, 0.25) is 0 Å². The van der Waals surface area contributed by atoms with Crippen molar-refractivity contribution in [3.8, 4) is 11.8 Å². The second-order valence-electron chi connectivity index (χ2n) is 8.71. The summed E-state index contributed by atoms with van der Waals surface area (Å²) in [6, 6.07) is 11.8. The van der Waals surface area contributed by atoms with E-state index in [0.717, 1.165) is 34.5 Å². The number of amides is 1. The Hall–Kier alpha value is -3.52. The molecular weight excluding hydrogens is 398 g/mol. The average Bonchev–Trinajstić information content (AvgIpc) is 2.74. The first-order valence-electron chi connectivity index (χ1n) is 10.8. The first kappa shape index (κ1) is 23.1. The van der Waals surface area contributed by atoms with E-state index in [2.05, 4.69) is 44.0 Å². The molecule has 1 N–H and O–H groups in total. The molecule has 0 atom stereocenters. The number of ether oxygens (including phenoxy) is 1. The van der Waals surface area contributed by atoms with Crippen LogP contribution in [0.4, 0.5) is 11.4 Å². The maximum atomic E-state index is 12.9. The normalized spacial score (nSPS) is 14.9. The summed E-state index contributed by atoms with van der Waals surface area (Å²) in [4.78, 5) is 15.2. The molecule has 0 aliphatic carbocycles. The van der Waals surface area contributed by atoms with E-state index in [1.165, 1.54) is 0 Å². The molecule has 5 heteroatoms. The summed E-state index contributed by atoms with van der Waals surface area (Å²) in [6.07, 6.45) is 3.85. The molecule has 0 aromatic heterocycles. The number of aryl methyl sites for hydroxylation is 1. The lowest BCUT2D eigenvalue weighted by Gasteiger charge is -2.43. The second kappa shape index (κ2) is 8.92. The minimum atomic E-state index is -0.440. The van der Waals surface area contributed by atoms with Crippen LogP contribution in [0, 0.1) is 25.2 Å². The van der Waals surface area contributed by atoms with Crippen molar-refractivity contribution in [3.05, 3.63) is 64.2 Å². The number of likely N-dealkylation sites (N-methyl/N-ethyl adjacent to an activating group) is 1. The standard InChI is InChI=1S/C27H31N3O2/c1-8-30-24-14-25(32-7)20(13-22(24)18(3)15-27(30,5)6)12-21(16-28)26(31)29-23-11-9-10-17(2)19(23)4/h9-15H,8H2,1-7H3,(H,29,31)/b21-12+. The van der Waals surface area contributed by atoms with Crippen molar-refractivity contribution < 1.29 is 9.53 Å². The summed E-state index contributed by atoms with van der Waals surface area (Å²) in [5, 5.41) is 12.6. The van der Waals surface area contributed by atoms with E-state index in [0.29, 0.717) is 17.0 Å². The van der Waals surface area contributed by atoms with Gasteiger partial charge in [0, 0.05) is 35.1 Å². The molecule has 1 amide bonds. The highest BCUT2D eigenvalue weighted by molar-refractivity contribution is 6.10. The number of benzene rings is 2. The van der Waals surface area contributed by atoms with Crippen molar-refractivity contribution in [2.75, 3.05) is 23.9 Å². The van der Waals surface area contributed by atoms with Gasteiger partial charge in [0.25, 0.3) is 5.91 Å². The predicted octanol–water partition coefficient (Wildman–Crippen LogP) is 5.88. The fraction of sp³-hybridized carbons (Fsp3) is 0.333. The van der Waals surface area contributed by atoms with E-state index >= 15 is 0 Å². The third kappa shape index (κ3) is 4.27. The van der Waals surface area contributed by atoms with Crippen molar-refractivity contribution >= 4 is 28.9 Å². The van der Waals surface area contributed by atoms with Crippen LogP contribution in [0.15, 0.2) is 42.0 Å². The van der Waals surface area contributed by atoms with Gasteiger partial charge in [0.15, 0.2) is 0 Å². The Morgan fingerprint density at radius 1 is 1.25 bits per heavy atom. The highest BCUT2D eigenvalue weighted by Crippen LogP contribution is 2.42. The van der Waals surface area contributed by atoms with Crippen LogP contribution in [-0.2, 0) is 4.79 Å². The molecule has 0 saturated heterocycles. The maximum Gasteiger partial charge on any atom is 0.266 e. The van der Waals surface area contributed by atoms with Crippen molar-refractivity contribution in [1.82, 2.24) is 0 Å². The third-order valence-corrected chi connectivity index (χ3v) is 6.16. The summed E-state index contributed by atoms with van der Waals surface area (Å²) >= 11 is 0. The van der Waals surface area contributed by atoms with E-state index in [-0.39, 0.29) is 11.1 Å². The van der Waals surface area contributed by atoms with Crippen molar-refractivity contribution in [3.63, 3.8) is 0 Å². The molecule has 2 aromatic carbocycles. The van der Waals surface area contributed by atoms with Crippen molar-refractivity contribution in [1.29, 1.82) is 5.26 Å². The molecule has 166 valence electrons. The molecule has 0 bridgehead atoms. The molecule has 0 spiro atoms. The Morgan fingerprint density at radius 2 is 1.97 bits per heavy atom. The number of hydrogen-bond donors (Lipinski definition) is 1. The maximum absolute atomic E-state index is 12.9. The quantitative estimate of drug-likeness (QED) is 0.476. The number of hydrogen-bond acceptors (Lipinski definition) is 4. The molecule has 2 aromatic rings. The van der Waals surface area contributed by atoms with Gasteiger partial charge in [-0.1, -0.05) is 18.2 Å². The molecule has 1 aliphatic heterocycles. The SMILES string of the molecule is CCN1c2cc(OC)c(/C=C(\C#N)C(=O)Nc3cccc(C)c3C)cc2C(C)=CC1(C)C. The molecule has 5 nitrogen and oxygen atoms in total. The van der Waals surface area contributed by atoms with Gasteiger partial charge < -0.3 is 15.0 Å². The van der Waals surface area contributed by atoms with E-state index in [9.17, 15) is 10.1 Å². The molecular formula is C27H31N3O2. The Kier molecular flexibility index (Phi) is 6.45. The largest absolute Gasteiger partial charge is 0.496 e. The average molecular weight is 430 g/mol. The molecule has 1 heterocycles. The second-order valence-corrected chi connectivity index (χ2v) is 8.71. The zero-order valence-electron chi connectivity index (χ0n) is 20.0. The third-order valence-electron chi connectivity index (χ3n) is 6.16. The van der Waals surface area contributed by atoms with Crippen molar-refractivity contribution in [2.45, 2.75) is 47.1 Å². The number of methoxy groups -OCH3 is 1. The van der Waals surface area contributed by atoms with Crippen LogP contribution < -0.4 is 15.0 Å². The first-order chi connectivity index (χ1) is 15.1. The number of carbonyl (C=O) groups excluding carboxylic acids is 1. The molecule has 0 saturated carbocycles. The van der Waals surface area contributed by atoms with Crippen LogP contribution in [0.5, 0.6) is 5.75 Å². The monoisotopic (exact) mass is 429 g/mol. The lowest BCUT2D eigenvalue weighted by molar-refractivity contribution is -0.112. The molecule has 0 unspecified atom stereocenters. The summed E-state index contributed by atoms with van der Waals surface area (Å²) in [5.74, 6) is 0.185. The molecule has 0 radical (unpaired) electrons. The molecule has 3 rings (SSSR count). The Labute approximate surface area is 191 Å². The summed E-state index contributed by atoms with van der Waals surface area (Å²) in [6.45, 7) is 13.4. The number of nitrogens with zero attached hydrogens (tertiary/aromatic N) is 2. The number of fused-ring (bicyclic) bond motifs is 1. The molecule has 0 fully saturated rings. The fourth-order valence-electron chi connectivity index (χ4n) is 4.37. The van der Waals surface area contributed by atoms with Crippen LogP contribution in [-0.4, -0.2) is 25.1 Å². The molecule has 32 heavy (non-hydrogen) atoms. The lowest BCUT2D eigenvalue weighted by Crippen LogP contribution is -2.44. The number of nitrogens with one attached hydrogen (secondary N) is 1. The minimum absolute atomic E-state index is 0.0225. The number of anilines is 2. The van der Waals surface area contributed by atoms with Crippen LogP contribution in [0.1, 0.15) is 49.9 Å². The number of rotatable bonds is 5. The lowest BCUT2D eigenvalue weighted by atomic mass is 9.87. The van der Waals surface area contributed by atoms with Gasteiger partial charge in [-0.2, -0.15) is 5.26 Å². The van der Waals surface area contributed by atoms with E-state index < -0.39 is 5.91 Å². The van der Waals surface area contributed by atoms with Gasteiger partial charge in [0.05, 0.1) is 12.6 Å². The van der Waals surface area contributed by atoms with Crippen LogP contribution >= 0.6 is 0 Å². The van der Waals surface area contributed by atoms with Gasteiger partial charge in [0.1, 0.15) is 17.4 Å². The minimum Gasteiger partial charge on any atom is -0.496 e. The van der Waals surface area contributed by atoms with Gasteiger partial charge in [-0.25, -0.2) is 0 Å². The summed E-state index contributed by atoms with van der Waals surface area (Å²) in [7, 11) is 1.61. The first-order valence-corrected chi connectivity index (χ1v) is 10.8. The van der Waals surface area contributed by atoms with E-state index in [1.807, 2.05) is 50.2 Å². The Balaban J connectivity index is 2.05. The van der Waals surface area contributed by atoms with E-state index in [1.54, 1.807) is 13.2 Å². The van der Waals surface area contributed by atoms with Crippen LogP contribution in [0.3, 0.4) is 0 Å². The van der Waals surface area contributed by atoms with Gasteiger partial charge in [-0.3, -0.25) is 4.79 Å². The smallest absolute Gasteiger partial charge is 0.266 e. The van der Waals surface area contributed by atoms with Crippen LogP contribution in [0.25, 0.3) is 11.6 Å². The summed E-state index contributed by atoms with van der Waals surface area (Å²) < 4.78 is 5.65. The van der Waals surface area contributed by atoms with Crippen molar-refractivity contribution in [2.24, 2.45) is 0 Å². The highest BCUT2D eigenvalue weighted by Gasteiger charge is 2.31. The number of nitriles is 1. The van der Waals surface area contributed by atoms with Gasteiger partial charge in [-0.15, -0.1) is 0 Å². The van der Waals surface area contributed by atoms with E-state index in [4.69, 9.17) is 4.74 Å².